The first-order chi connectivity index (χ1) is 22.4. The second-order valence-corrected chi connectivity index (χ2v) is 10.9. The van der Waals surface area contributed by atoms with E-state index in [1.807, 2.05) is 54.6 Å². The van der Waals surface area contributed by atoms with Crippen LogP contribution in [0.2, 0.25) is 0 Å². The van der Waals surface area contributed by atoms with Gasteiger partial charge in [-0.05, 0) is 87.1 Å². The Labute approximate surface area is 272 Å². The third kappa shape index (κ3) is 9.66. The minimum absolute atomic E-state index is 0.0962. The highest BCUT2D eigenvalue weighted by molar-refractivity contribution is 5.92. The molecule has 7 nitrogen and oxygen atoms in total. The number of carbonyl (C=O) groups is 2. The van der Waals surface area contributed by atoms with Gasteiger partial charge in [-0.25, -0.2) is 9.78 Å². The average molecular weight is 617 g/mol. The van der Waals surface area contributed by atoms with Gasteiger partial charge >= 0.3 is 5.97 Å². The monoisotopic (exact) mass is 616 g/mol. The second kappa shape index (κ2) is 17.4. The van der Waals surface area contributed by atoms with E-state index >= 15 is 0 Å². The summed E-state index contributed by atoms with van der Waals surface area (Å²) in [6.07, 6.45) is 14.6. The van der Waals surface area contributed by atoms with Gasteiger partial charge in [-0.2, -0.15) is 0 Å². The molecule has 46 heavy (non-hydrogen) atoms. The summed E-state index contributed by atoms with van der Waals surface area (Å²) in [7, 11) is 0. The van der Waals surface area contributed by atoms with E-state index in [1.54, 1.807) is 12.2 Å². The number of hydrogen-bond acceptors (Lipinski definition) is 4. The largest absolute Gasteiger partial charge is 0.478 e. The SMILES string of the molecule is CC/C=C/CCCCNC(=O)/C=C/c1ccc(-c2nc(-c3ccc(N(CC)CC)cc3)[nH]c2-c2ccc(/C=C/C(=O)O)cc2)cc1. The lowest BCUT2D eigenvalue weighted by molar-refractivity contribution is -0.131. The molecule has 3 aromatic carbocycles. The predicted octanol–water partition coefficient (Wildman–Crippen LogP) is 8.62. The van der Waals surface area contributed by atoms with Gasteiger partial charge in [-0.15, -0.1) is 0 Å². The molecule has 0 spiro atoms. The molecule has 1 amide bonds. The van der Waals surface area contributed by atoms with Crippen LogP contribution in [0.3, 0.4) is 0 Å². The van der Waals surface area contributed by atoms with Gasteiger partial charge in [0.15, 0.2) is 0 Å². The van der Waals surface area contributed by atoms with Crippen LogP contribution in [0.5, 0.6) is 0 Å². The molecule has 1 heterocycles. The van der Waals surface area contributed by atoms with Crippen molar-refractivity contribution in [3.63, 3.8) is 0 Å². The van der Waals surface area contributed by atoms with Crippen LogP contribution in [0, 0.1) is 0 Å². The molecule has 7 heteroatoms. The van der Waals surface area contributed by atoms with Crippen LogP contribution in [0.4, 0.5) is 5.69 Å². The number of nitrogens with zero attached hydrogens (tertiary/aromatic N) is 2. The number of carboxylic acid groups (broad SMARTS) is 1. The molecule has 0 saturated carbocycles. The second-order valence-electron chi connectivity index (χ2n) is 10.9. The van der Waals surface area contributed by atoms with Gasteiger partial charge in [0.1, 0.15) is 5.82 Å². The van der Waals surface area contributed by atoms with Crippen LogP contribution in [0.1, 0.15) is 57.6 Å². The first-order valence-electron chi connectivity index (χ1n) is 16.1. The van der Waals surface area contributed by atoms with Crippen molar-refractivity contribution in [2.24, 2.45) is 0 Å². The Morgan fingerprint density at radius 3 is 2.00 bits per heavy atom. The van der Waals surface area contributed by atoms with E-state index < -0.39 is 5.97 Å². The topological polar surface area (TPSA) is 98.3 Å². The van der Waals surface area contributed by atoms with Crippen LogP contribution >= 0.6 is 0 Å². The van der Waals surface area contributed by atoms with Crippen LogP contribution in [-0.2, 0) is 9.59 Å². The molecule has 4 aromatic rings. The summed E-state index contributed by atoms with van der Waals surface area (Å²) in [6.45, 7) is 8.97. The molecule has 0 fully saturated rings. The maximum atomic E-state index is 12.3. The summed E-state index contributed by atoms with van der Waals surface area (Å²) in [6, 6.07) is 24.1. The van der Waals surface area contributed by atoms with Gasteiger partial charge in [0.05, 0.1) is 11.4 Å². The van der Waals surface area contributed by atoms with Gasteiger partial charge in [0.25, 0.3) is 0 Å². The molecular formula is C39H44N4O3. The minimum atomic E-state index is -0.985. The Balaban J connectivity index is 1.55. The molecule has 0 aliphatic heterocycles. The number of aromatic nitrogens is 2. The van der Waals surface area contributed by atoms with Gasteiger partial charge in [0, 0.05) is 54.2 Å². The van der Waals surface area contributed by atoms with E-state index in [9.17, 15) is 9.59 Å². The molecule has 0 bridgehead atoms. The fourth-order valence-electron chi connectivity index (χ4n) is 5.14. The zero-order valence-electron chi connectivity index (χ0n) is 27.0. The third-order valence-corrected chi connectivity index (χ3v) is 7.70. The molecule has 0 atom stereocenters. The van der Waals surface area contributed by atoms with Crippen molar-refractivity contribution in [2.75, 3.05) is 24.5 Å². The van der Waals surface area contributed by atoms with Crippen LogP contribution in [0.15, 0.2) is 97.1 Å². The molecule has 238 valence electrons. The molecule has 1 aromatic heterocycles. The quantitative estimate of drug-likeness (QED) is 0.0665. The summed E-state index contributed by atoms with van der Waals surface area (Å²) in [5, 5.41) is 11.9. The van der Waals surface area contributed by atoms with E-state index in [4.69, 9.17) is 10.1 Å². The van der Waals surface area contributed by atoms with Gasteiger partial charge < -0.3 is 20.3 Å². The lowest BCUT2D eigenvalue weighted by Gasteiger charge is -2.20. The van der Waals surface area contributed by atoms with E-state index in [-0.39, 0.29) is 5.91 Å². The first kappa shape index (κ1) is 33.7. The minimum Gasteiger partial charge on any atom is -0.478 e. The maximum absolute atomic E-state index is 12.3. The average Bonchev–Trinajstić information content (AvgIpc) is 3.53. The number of H-pyrrole nitrogens is 1. The normalized spacial score (nSPS) is 11.5. The van der Waals surface area contributed by atoms with E-state index in [0.29, 0.717) is 6.54 Å². The molecule has 0 radical (unpaired) electrons. The smallest absolute Gasteiger partial charge is 0.328 e. The number of allylic oxidation sites excluding steroid dienone is 2. The van der Waals surface area contributed by atoms with Crippen molar-refractivity contribution in [1.82, 2.24) is 15.3 Å². The Morgan fingerprint density at radius 2 is 1.39 bits per heavy atom. The lowest BCUT2D eigenvalue weighted by Crippen LogP contribution is -2.21. The number of rotatable bonds is 16. The summed E-state index contributed by atoms with van der Waals surface area (Å²) < 4.78 is 0. The standard InChI is InChI=1S/C39H44N4O3/c1-4-7-8-9-10-11-28-40-35(44)26-16-29-12-18-31(19-13-29)37-38(32-20-14-30(15-21-32)17-27-36(45)46)42-39(41-37)33-22-24-34(25-23-33)43(5-2)6-3/h7-8,12-27H,4-6,9-11,28H2,1-3H3,(H,40,44)(H,41,42)(H,45,46)/b8-7+,26-16+,27-17+. The zero-order chi connectivity index (χ0) is 32.7. The van der Waals surface area contributed by atoms with Crippen molar-refractivity contribution >= 4 is 29.7 Å². The van der Waals surface area contributed by atoms with E-state index in [2.05, 4.69) is 72.4 Å². The Kier molecular flexibility index (Phi) is 12.7. The Hall–Kier alpha value is -5.17. The summed E-state index contributed by atoms with van der Waals surface area (Å²) in [5.41, 5.74) is 7.40. The highest BCUT2D eigenvalue weighted by Crippen LogP contribution is 2.34. The summed E-state index contributed by atoms with van der Waals surface area (Å²) >= 11 is 0. The molecule has 0 saturated heterocycles. The highest BCUT2D eigenvalue weighted by atomic mass is 16.4. The van der Waals surface area contributed by atoms with E-state index in [1.165, 1.54) is 5.69 Å². The number of amides is 1. The number of hydrogen-bond donors (Lipinski definition) is 3. The summed E-state index contributed by atoms with van der Waals surface area (Å²) in [5.74, 6) is -0.324. The number of aliphatic carboxylic acids is 1. The fraction of sp³-hybridized carbons (Fsp3) is 0.256. The number of imidazole rings is 1. The van der Waals surface area contributed by atoms with Crippen LogP contribution in [-0.4, -0.2) is 46.6 Å². The van der Waals surface area contributed by atoms with Crippen molar-refractivity contribution in [2.45, 2.75) is 46.5 Å². The molecule has 3 N–H and O–H groups in total. The molecular weight excluding hydrogens is 572 g/mol. The molecule has 4 rings (SSSR count). The summed E-state index contributed by atoms with van der Waals surface area (Å²) in [4.78, 5) is 34.2. The molecule has 0 aliphatic rings. The van der Waals surface area contributed by atoms with Crippen LogP contribution in [0.25, 0.3) is 46.1 Å². The highest BCUT2D eigenvalue weighted by Gasteiger charge is 2.16. The lowest BCUT2D eigenvalue weighted by atomic mass is 10.0. The maximum Gasteiger partial charge on any atom is 0.328 e. The van der Waals surface area contributed by atoms with Gasteiger partial charge in [-0.1, -0.05) is 67.6 Å². The van der Waals surface area contributed by atoms with Crippen molar-refractivity contribution in [1.29, 1.82) is 0 Å². The van der Waals surface area contributed by atoms with Gasteiger partial charge in [0.2, 0.25) is 5.91 Å². The number of nitrogens with one attached hydrogen (secondary N) is 2. The molecule has 0 aliphatic carbocycles. The fourth-order valence-corrected chi connectivity index (χ4v) is 5.14. The number of carbonyl (C=O) groups excluding carboxylic acids is 1. The number of aromatic amines is 1. The molecule has 0 unspecified atom stereocenters. The van der Waals surface area contributed by atoms with E-state index in [0.717, 1.165) is 89.9 Å². The third-order valence-electron chi connectivity index (χ3n) is 7.70. The first-order valence-corrected chi connectivity index (χ1v) is 16.1. The van der Waals surface area contributed by atoms with Crippen molar-refractivity contribution < 1.29 is 14.7 Å². The Bertz CT molecular complexity index is 1640. The Morgan fingerprint density at radius 1 is 0.783 bits per heavy atom. The predicted molar refractivity (Wildman–Crippen MR) is 190 cm³/mol. The van der Waals surface area contributed by atoms with Crippen molar-refractivity contribution in [3.8, 4) is 33.9 Å². The number of carboxylic acids is 1. The van der Waals surface area contributed by atoms with Gasteiger partial charge in [-0.3, -0.25) is 4.79 Å². The number of unbranched alkanes of at least 4 members (excludes halogenated alkanes) is 2. The van der Waals surface area contributed by atoms with Crippen molar-refractivity contribution in [3.05, 3.63) is 108 Å². The number of benzene rings is 3. The number of anilines is 1. The zero-order valence-corrected chi connectivity index (χ0v) is 27.0. The van der Waals surface area contributed by atoms with Crippen LogP contribution < -0.4 is 10.2 Å².